The second kappa shape index (κ2) is 4.20. The Bertz CT molecular complexity index is 147. The Morgan fingerprint density at radius 2 is 2.00 bits per heavy atom. The molecule has 0 heterocycles. The standard InChI is InChI=1S/C8H15NO/c1-5-8(10)9-7(4)6(2)3/h6H,5H2,1-4H3. The van der Waals surface area contributed by atoms with Crippen LogP contribution in [0.5, 0.6) is 0 Å². The van der Waals surface area contributed by atoms with E-state index < -0.39 is 0 Å². The Morgan fingerprint density at radius 1 is 1.50 bits per heavy atom. The van der Waals surface area contributed by atoms with Gasteiger partial charge in [0.1, 0.15) is 0 Å². The minimum Gasteiger partial charge on any atom is -0.273 e. The van der Waals surface area contributed by atoms with Crippen molar-refractivity contribution < 1.29 is 4.79 Å². The lowest BCUT2D eigenvalue weighted by Crippen LogP contribution is -2.05. The number of nitrogens with zero attached hydrogens (tertiary/aromatic N) is 1. The van der Waals surface area contributed by atoms with Crippen LogP contribution in [0, 0.1) is 5.92 Å². The maximum atomic E-state index is 10.7. The second-order valence-electron chi connectivity index (χ2n) is 2.66. The van der Waals surface area contributed by atoms with Crippen molar-refractivity contribution in [2.75, 3.05) is 0 Å². The van der Waals surface area contributed by atoms with E-state index in [1.165, 1.54) is 0 Å². The molecule has 2 heteroatoms. The molecule has 0 aliphatic carbocycles. The molecule has 0 atom stereocenters. The van der Waals surface area contributed by atoms with Gasteiger partial charge in [-0.2, -0.15) is 0 Å². The largest absolute Gasteiger partial charge is 0.273 e. The predicted molar refractivity (Wildman–Crippen MR) is 43.2 cm³/mol. The highest BCUT2D eigenvalue weighted by Crippen LogP contribution is 1.97. The van der Waals surface area contributed by atoms with E-state index >= 15 is 0 Å². The molecule has 0 saturated carbocycles. The van der Waals surface area contributed by atoms with Gasteiger partial charge in [-0.1, -0.05) is 20.8 Å². The zero-order valence-corrected chi connectivity index (χ0v) is 7.14. The summed E-state index contributed by atoms with van der Waals surface area (Å²) in [6, 6.07) is 0. The van der Waals surface area contributed by atoms with Crippen molar-refractivity contribution in [3.8, 4) is 0 Å². The van der Waals surface area contributed by atoms with E-state index in [2.05, 4.69) is 4.99 Å². The number of hydrogen-bond donors (Lipinski definition) is 0. The van der Waals surface area contributed by atoms with Crippen molar-refractivity contribution in [2.24, 2.45) is 10.9 Å². The van der Waals surface area contributed by atoms with Crippen LogP contribution in [0.25, 0.3) is 0 Å². The number of amides is 1. The summed E-state index contributed by atoms with van der Waals surface area (Å²) in [5.74, 6) is 0.363. The van der Waals surface area contributed by atoms with Gasteiger partial charge in [0, 0.05) is 12.1 Å². The molecule has 0 radical (unpaired) electrons. The number of aliphatic imine (C=N–C) groups is 1. The highest BCUT2D eigenvalue weighted by atomic mass is 16.1. The van der Waals surface area contributed by atoms with Crippen molar-refractivity contribution in [2.45, 2.75) is 34.1 Å². The summed E-state index contributed by atoms with van der Waals surface area (Å²) in [5, 5.41) is 0. The highest BCUT2D eigenvalue weighted by molar-refractivity contribution is 5.95. The monoisotopic (exact) mass is 141 g/mol. The molecule has 0 aromatic heterocycles. The quantitative estimate of drug-likeness (QED) is 0.541. The fourth-order valence-electron chi connectivity index (χ4n) is 0.405. The van der Waals surface area contributed by atoms with E-state index in [9.17, 15) is 4.79 Å². The molecule has 0 N–H and O–H groups in total. The minimum absolute atomic E-state index is 0.0220. The first-order valence-corrected chi connectivity index (χ1v) is 3.66. The number of rotatable bonds is 2. The fourth-order valence-corrected chi connectivity index (χ4v) is 0.405. The van der Waals surface area contributed by atoms with Crippen LogP contribution in [0.4, 0.5) is 0 Å². The molecule has 0 spiro atoms. The summed E-state index contributed by atoms with van der Waals surface area (Å²) in [6.07, 6.45) is 0.504. The van der Waals surface area contributed by atoms with Gasteiger partial charge in [-0.25, -0.2) is 4.99 Å². The molecule has 2 nitrogen and oxygen atoms in total. The minimum atomic E-state index is -0.0220. The topological polar surface area (TPSA) is 29.4 Å². The molecule has 0 unspecified atom stereocenters. The third-order valence-electron chi connectivity index (χ3n) is 1.44. The van der Waals surface area contributed by atoms with Gasteiger partial charge in [-0.05, 0) is 12.8 Å². The van der Waals surface area contributed by atoms with Crippen molar-refractivity contribution in [1.29, 1.82) is 0 Å². The Balaban J connectivity index is 4.03. The van der Waals surface area contributed by atoms with Crippen molar-refractivity contribution in [1.82, 2.24) is 0 Å². The maximum Gasteiger partial charge on any atom is 0.245 e. The molecule has 0 aromatic carbocycles. The molecule has 0 aromatic rings. The van der Waals surface area contributed by atoms with Crippen LogP contribution in [-0.4, -0.2) is 11.6 Å². The SMILES string of the molecule is CCC(=O)N=C(C)C(C)C. The summed E-state index contributed by atoms with van der Waals surface area (Å²) in [5.41, 5.74) is 0.923. The van der Waals surface area contributed by atoms with Gasteiger partial charge in [0.2, 0.25) is 5.91 Å². The lowest BCUT2D eigenvalue weighted by atomic mass is 10.1. The van der Waals surface area contributed by atoms with Crippen LogP contribution in [0.1, 0.15) is 34.1 Å². The van der Waals surface area contributed by atoms with Gasteiger partial charge in [-0.15, -0.1) is 0 Å². The number of carbonyl (C=O) groups is 1. The molecule has 0 rings (SSSR count). The van der Waals surface area contributed by atoms with Crippen LogP contribution in [-0.2, 0) is 4.79 Å². The summed E-state index contributed by atoms with van der Waals surface area (Å²) in [6.45, 7) is 7.77. The van der Waals surface area contributed by atoms with Crippen molar-refractivity contribution in [3.63, 3.8) is 0 Å². The van der Waals surface area contributed by atoms with Crippen molar-refractivity contribution in [3.05, 3.63) is 0 Å². The molecular weight excluding hydrogens is 126 g/mol. The molecule has 0 aliphatic heterocycles. The Kier molecular flexibility index (Phi) is 3.93. The first kappa shape index (κ1) is 9.34. The molecule has 10 heavy (non-hydrogen) atoms. The summed E-state index contributed by atoms with van der Waals surface area (Å²) in [4.78, 5) is 14.6. The maximum absolute atomic E-state index is 10.7. The highest BCUT2D eigenvalue weighted by Gasteiger charge is 1.99. The summed E-state index contributed by atoms with van der Waals surface area (Å²) >= 11 is 0. The van der Waals surface area contributed by atoms with E-state index in [4.69, 9.17) is 0 Å². The molecular formula is C8H15NO. The van der Waals surface area contributed by atoms with Gasteiger partial charge < -0.3 is 0 Å². The second-order valence-corrected chi connectivity index (χ2v) is 2.66. The summed E-state index contributed by atoms with van der Waals surface area (Å²) < 4.78 is 0. The Hall–Kier alpha value is -0.660. The smallest absolute Gasteiger partial charge is 0.245 e. The predicted octanol–water partition coefficient (Wildman–Crippen LogP) is 2.04. The molecule has 0 fully saturated rings. The van der Waals surface area contributed by atoms with E-state index in [1.807, 2.05) is 27.7 Å². The third-order valence-corrected chi connectivity index (χ3v) is 1.44. The number of hydrogen-bond acceptors (Lipinski definition) is 1. The van der Waals surface area contributed by atoms with Gasteiger partial charge >= 0.3 is 0 Å². The molecule has 0 bridgehead atoms. The lowest BCUT2D eigenvalue weighted by molar-refractivity contribution is -0.117. The molecule has 1 amide bonds. The van der Waals surface area contributed by atoms with Crippen LogP contribution < -0.4 is 0 Å². The zero-order chi connectivity index (χ0) is 8.15. The summed E-state index contributed by atoms with van der Waals surface area (Å²) in [7, 11) is 0. The van der Waals surface area contributed by atoms with E-state index in [0.717, 1.165) is 5.71 Å². The van der Waals surface area contributed by atoms with Crippen LogP contribution in [0.3, 0.4) is 0 Å². The van der Waals surface area contributed by atoms with Crippen LogP contribution in [0.15, 0.2) is 4.99 Å². The van der Waals surface area contributed by atoms with Gasteiger partial charge in [-0.3, -0.25) is 4.79 Å². The van der Waals surface area contributed by atoms with E-state index in [-0.39, 0.29) is 5.91 Å². The van der Waals surface area contributed by atoms with E-state index in [1.54, 1.807) is 0 Å². The Morgan fingerprint density at radius 3 is 2.30 bits per heavy atom. The molecule has 0 saturated heterocycles. The van der Waals surface area contributed by atoms with Gasteiger partial charge in [0.05, 0.1) is 0 Å². The van der Waals surface area contributed by atoms with E-state index in [0.29, 0.717) is 12.3 Å². The molecule has 0 aliphatic rings. The first-order chi connectivity index (χ1) is 4.57. The normalized spacial score (nSPS) is 12.3. The average molecular weight is 141 g/mol. The first-order valence-electron chi connectivity index (χ1n) is 3.66. The Labute approximate surface area is 62.4 Å². The van der Waals surface area contributed by atoms with Gasteiger partial charge in [0.25, 0.3) is 0 Å². The van der Waals surface area contributed by atoms with Crippen LogP contribution >= 0.6 is 0 Å². The van der Waals surface area contributed by atoms with Crippen molar-refractivity contribution >= 4 is 11.6 Å². The molecule has 58 valence electrons. The lowest BCUT2D eigenvalue weighted by Gasteiger charge is -2.00. The average Bonchev–Trinajstić information content (AvgIpc) is 1.87. The van der Waals surface area contributed by atoms with Gasteiger partial charge in [0.15, 0.2) is 0 Å². The fraction of sp³-hybridized carbons (Fsp3) is 0.750. The third kappa shape index (κ3) is 3.38. The zero-order valence-electron chi connectivity index (χ0n) is 7.14. The van der Waals surface area contributed by atoms with Crippen LogP contribution in [0.2, 0.25) is 0 Å². The number of carbonyl (C=O) groups excluding carboxylic acids is 1.